The van der Waals surface area contributed by atoms with Crippen LogP contribution in [0.3, 0.4) is 0 Å². The molecule has 1 atom stereocenters. The summed E-state index contributed by atoms with van der Waals surface area (Å²) < 4.78 is 1.99. The molecule has 3 nitrogen and oxygen atoms in total. The van der Waals surface area contributed by atoms with Gasteiger partial charge >= 0.3 is 0 Å². The molecule has 3 heteroatoms. The molecule has 0 saturated heterocycles. The molecule has 1 aromatic heterocycles. The molecule has 0 aliphatic rings. The van der Waals surface area contributed by atoms with Crippen LogP contribution in [-0.2, 0) is 19.9 Å². The summed E-state index contributed by atoms with van der Waals surface area (Å²) in [6, 6.07) is 8.20. The van der Waals surface area contributed by atoms with E-state index in [4.69, 9.17) is 0 Å². The highest BCUT2D eigenvalue weighted by atomic mass is 16.3. The van der Waals surface area contributed by atoms with Gasteiger partial charge in [-0.3, -0.25) is 0 Å². The Labute approximate surface area is 108 Å². The van der Waals surface area contributed by atoms with Gasteiger partial charge in [0, 0.05) is 25.9 Å². The van der Waals surface area contributed by atoms with Crippen molar-refractivity contribution >= 4 is 0 Å². The number of hydrogen-bond acceptors (Lipinski definition) is 2. The van der Waals surface area contributed by atoms with E-state index in [1.807, 2.05) is 29.9 Å². The van der Waals surface area contributed by atoms with Crippen molar-refractivity contribution in [3.63, 3.8) is 0 Å². The minimum Gasteiger partial charge on any atom is -0.388 e. The van der Waals surface area contributed by atoms with E-state index in [1.54, 1.807) is 6.20 Å². The third-order valence-electron chi connectivity index (χ3n) is 3.34. The van der Waals surface area contributed by atoms with Crippen LogP contribution < -0.4 is 0 Å². The standard InChI is InChI=1S/C15H20N2O/c1-3-12-4-6-13(7-5-12)14(18)8-9-15-16-10-11-17(15)2/h4-7,10-11,14,18H,3,8-9H2,1-2H3. The number of aryl methyl sites for hydroxylation is 3. The van der Waals surface area contributed by atoms with Crippen molar-refractivity contribution in [2.45, 2.75) is 32.3 Å². The van der Waals surface area contributed by atoms with Gasteiger partial charge in [0.25, 0.3) is 0 Å². The number of benzene rings is 1. The monoisotopic (exact) mass is 244 g/mol. The molecule has 0 spiro atoms. The van der Waals surface area contributed by atoms with Crippen molar-refractivity contribution in [1.29, 1.82) is 0 Å². The lowest BCUT2D eigenvalue weighted by atomic mass is 10.0. The molecule has 96 valence electrons. The molecule has 0 radical (unpaired) electrons. The minimum atomic E-state index is -0.410. The van der Waals surface area contributed by atoms with E-state index in [2.05, 4.69) is 24.0 Å². The number of aromatic nitrogens is 2. The van der Waals surface area contributed by atoms with E-state index in [0.717, 1.165) is 24.2 Å². The van der Waals surface area contributed by atoms with Gasteiger partial charge in [-0.05, 0) is 24.0 Å². The highest BCUT2D eigenvalue weighted by molar-refractivity contribution is 5.24. The van der Waals surface area contributed by atoms with E-state index in [0.29, 0.717) is 6.42 Å². The maximum Gasteiger partial charge on any atom is 0.108 e. The van der Waals surface area contributed by atoms with Gasteiger partial charge in [0.1, 0.15) is 5.82 Å². The number of aliphatic hydroxyl groups is 1. The first-order valence-corrected chi connectivity index (χ1v) is 6.43. The number of aliphatic hydroxyl groups excluding tert-OH is 1. The molecule has 0 amide bonds. The van der Waals surface area contributed by atoms with Gasteiger partial charge in [0.05, 0.1) is 6.10 Å². The van der Waals surface area contributed by atoms with Crippen LogP contribution >= 0.6 is 0 Å². The van der Waals surface area contributed by atoms with Gasteiger partial charge in [-0.15, -0.1) is 0 Å². The zero-order chi connectivity index (χ0) is 13.0. The maximum absolute atomic E-state index is 10.1. The van der Waals surface area contributed by atoms with E-state index < -0.39 is 6.10 Å². The van der Waals surface area contributed by atoms with Crippen molar-refractivity contribution in [1.82, 2.24) is 9.55 Å². The maximum atomic E-state index is 10.1. The molecule has 18 heavy (non-hydrogen) atoms. The first kappa shape index (κ1) is 12.8. The van der Waals surface area contributed by atoms with Crippen LogP contribution in [0.1, 0.15) is 36.4 Å². The lowest BCUT2D eigenvalue weighted by Gasteiger charge is -2.11. The summed E-state index contributed by atoms with van der Waals surface area (Å²) >= 11 is 0. The summed E-state index contributed by atoms with van der Waals surface area (Å²) in [6.45, 7) is 2.13. The first-order valence-electron chi connectivity index (χ1n) is 6.43. The van der Waals surface area contributed by atoms with Gasteiger partial charge in [-0.2, -0.15) is 0 Å². The van der Waals surface area contributed by atoms with Crippen molar-refractivity contribution < 1.29 is 5.11 Å². The van der Waals surface area contributed by atoms with Crippen LogP contribution in [0.15, 0.2) is 36.7 Å². The number of nitrogens with zero attached hydrogens (tertiary/aromatic N) is 2. The number of imidazole rings is 1. The third kappa shape index (κ3) is 2.99. The molecule has 0 bridgehead atoms. The van der Waals surface area contributed by atoms with E-state index in [1.165, 1.54) is 5.56 Å². The van der Waals surface area contributed by atoms with Crippen LogP contribution in [0.4, 0.5) is 0 Å². The normalized spacial score (nSPS) is 12.6. The van der Waals surface area contributed by atoms with Crippen molar-refractivity contribution in [2.75, 3.05) is 0 Å². The second-order valence-corrected chi connectivity index (χ2v) is 4.60. The molecule has 1 aromatic carbocycles. The lowest BCUT2D eigenvalue weighted by molar-refractivity contribution is 0.167. The zero-order valence-corrected chi connectivity index (χ0v) is 11.0. The first-order chi connectivity index (χ1) is 8.70. The fourth-order valence-corrected chi connectivity index (χ4v) is 2.05. The Balaban J connectivity index is 1.94. The van der Waals surface area contributed by atoms with Crippen molar-refractivity contribution in [2.24, 2.45) is 7.05 Å². The van der Waals surface area contributed by atoms with Crippen LogP contribution in [-0.4, -0.2) is 14.7 Å². The Bertz CT molecular complexity index is 487. The van der Waals surface area contributed by atoms with Gasteiger partial charge in [0.15, 0.2) is 0 Å². The fraction of sp³-hybridized carbons (Fsp3) is 0.400. The number of rotatable bonds is 5. The summed E-state index contributed by atoms with van der Waals surface area (Å²) in [4.78, 5) is 4.26. The van der Waals surface area contributed by atoms with Gasteiger partial charge < -0.3 is 9.67 Å². The van der Waals surface area contributed by atoms with Gasteiger partial charge in [-0.25, -0.2) is 4.98 Å². The molecule has 1 heterocycles. The van der Waals surface area contributed by atoms with Crippen LogP contribution in [0, 0.1) is 0 Å². The molecule has 0 aliphatic carbocycles. The predicted molar refractivity (Wildman–Crippen MR) is 72.3 cm³/mol. The second kappa shape index (κ2) is 5.83. The zero-order valence-electron chi connectivity index (χ0n) is 11.0. The summed E-state index contributed by atoms with van der Waals surface area (Å²) in [7, 11) is 1.98. The summed E-state index contributed by atoms with van der Waals surface area (Å²) in [5, 5.41) is 10.1. The van der Waals surface area contributed by atoms with Crippen LogP contribution in [0.2, 0.25) is 0 Å². The molecule has 2 aromatic rings. The average molecular weight is 244 g/mol. The van der Waals surface area contributed by atoms with Gasteiger partial charge in [0.2, 0.25) is 0 Å². The Hall–Kier alpha value is -1.61. The van der Waals surface area contributed by atoms with E-state index in [9.17, 15) is 5.11 Å². The quantitative estimate of drug-likeness (QED) is 0.878. The molecule has 2 rings (SSSR count). The average Bonchev–Trinajstić information content (AvgIpc) is 2.81. The molecule has 0 saturated carbocycles. The van der Waals surface area contributed by atoms with E-state index in [-0.39, 0.29) is 0 Å². The highest BCUT2D eigenvalue weighted by Gasteiger charge is 2.09. The fourth-order valence-electron chi connectivity index (χ4n) is 2.05. The minimum absolute atomic E-state index is 0.410. The van der Waals surface area contributed by atoms with Crippen LogP contribution in [0.25, 0.3) is 0 Å². The SMILES string of the molecule is CCc1ccc(C(O)CCc2nccn2C)cc1. The Morgan fingerprint density at radius 1 is 1.28 bits per heavy atom. The van der Waals surface area contributed by atoms with Crippen molar-refractivity contribution in [3.8, 4) is 0 Å². The molecular weight excluding hydrogens is 224 g/mol. The lowest BCUT2D eigenvalue weighted by Crippen LogP contribution is -2.03. The largest absolute Gasteiger partial charge is 0.388 e. The Morgan fingerprint density at radius 2 is 2.00 bits per heavy atom. The molecule has 1 N–H and O–H groups in total. The number of hydrogen-bond donors (Lipinski definition) is 1. The Morgan fingerprint density at radius 3 is 2.56 bits per heavy atom. The smallest absolute Gasteiger partial charge is 0.108 e. The molecule has 0 fully saturated rings. The Kier molecular flexibility index (Phi) is 4.15. The van der Waals surface area contributed by atoms with Crippen LogP contribution in [0.5, 0.6) is 0 Å². The second-order valence-electron chi connectivity index (χ2n) is 4.60. The van der Waals surface area contributed by atoms with Gasteiger partial charge in [-0.1, -0.05) is 31.2 Å². The molecule has 0 aliphatic heterocycles. The summed E-state index contributed by atoms with van der Waals surface area (Å²) in [5.41, 5.74) is 2.29. The van der Waals surface area contributed by atoms with Crippen molar-refractivity contribution in [3.05, 3.63) is 53.6 Å². The summed E-state index contributed by atoms with van der Waals surface area (Å²) in [5.74, 6) is 1.01. The van der Waals surface area contributed by atoms with E-state index >= 15 is 0 Å². The molecular formula is C15H20N2O. The topological polar surface area (TPSA) is 38.1 Å². The highest BCUT2D eigenvalue weighted by Crippen LogP contribution is 2.19. The molecule has 1 unspecified atom stereocenters. The predicted octanol–water partition coefficient (Wildman–Crippen LogP) is 2.65. The third-order valence-corrected chi connectivity index (χ3v) is 3.34. The summed E-state index contributed by atoms with van der Waals surface area (Å²) in [6.07, 6.45) is 5.84.